The van der Waals surface area contributed by atoms with Crippen molar-refractivity contribution in [3.05, 3.63) is 117 Å². The Bertz CT molecular complexity index is 3410. The van der Waals surface area contributed by atoms with Gasteiger partial charge in [-0.25, -0.2) is 0 Å². The maximum Gasteiger partial charge on any atom is 0.480 e. The Morgan fingerprint density at radius 3 is 1.79 bits per heavy atom. The molecule has 13 N–H and O–H groups in total. The Balaban J connectivity index is 1.39. The SMILES string of the molecule is CN[C@@H](CC(C)C)C(=O)N[C@H]1C(=O)N[C@@H](CC(N)=O)C(=O)N[C@H]2C(=O)N[C@H]3C(=O)N[C@H](C(=O)N[C@@H](B(O)O)c4cc(OC)cc(OC)c4-c4cc3ccc4OC)[C@H](O)c3ccc(c(Cl)c3)Oc3cc2cc(c3OC)Oc2ccc(cc2Cl)[C@H]1O. The normalized spacial score (nSPS) is 21.8. The molecule has 84 heavy (non-hydrogen) atoms. The highest BCUT2D eigenvalue weighted by Crippen LogP contribution is 2.48. The predicted octanol–water partition coefficient (Wildman–Crippen LogP) is 2.53. The van der Waals surface area contributed by atoms with Crippen LogP contribution in [0.5, 0.6) is 46.0 Å². The van der Waals surface area contributed by atoms with Crippen LogP contribution in [0.2, 0.25) is 10.0 Å². The minimum absolute atomic E-state index is 0.0113. The number of methoxy groups -OCH3 is 4. The highest BCUT2D eigenvalue weighted by molar-refractivity contribution is 6.44. The molecular formula is C56H61BCl2N8O17. The third-order valence-corrected chi connectivity index (χ3v) is 14.8. The molecule has 5 aliphatic heterocycles. The average molecular weight is 1200 g/mol. The zero-order valence-corrected chi connectivity index (χ0v) is 47.7. The van der Waals surface area contributed by atoms with Crippen molar-refractivity contribution < 1.29 is 82.2 Å². The number of aliphatic hydroxyl groups excluding tert-OH is 2. The lowest BCUT2D eigenvalue weighted by Crippen LogP contribution is -2.59. The Morgan fingerprint density at radius 2 is 1.24 bits per heavy atom. The van der Waals surface area contributed by atoms with E-state index in [0.717, 1.165) is 0 Å². The highest BCUT2D eigenvalue weighted by Gasteiger charge is 2.42. The fraction of sp³-hybridized carbons (Fsp3) is 0.339. The molecule has 0 aliphatic carbocycles. The molecule has 5 aliphatic rings. The number of nitrogens with two attached hydrogens (primary N) is 1. The number of ether oxygens (including phenoxy) is 6. The van der Waals surface area contributed by atoms with Crippen molar-refractivity contribution in [2.75, 3.05) is 35.5 Å². The lowest BCUT2D eigenvalue weighted by molar-refractivity contribution is -0.137. The first kappa shape index (κ1) is 61.7. The van der Waals surface area contributed by atoms with Crippen LogP contribution in [0.25, 0.3) is 11.1 Å². The molecular weight excluding hydrogens is 1140 g/mol. The second-order valence-electron chi connectivity index (χ2n) is 20.2. The summed E-state index contributed by atoms with van der Waals surface area (Å²) < 4.78 is 35.8. The van der Waals surface area contributed by atoms with Gasteiger partial charge in [-0.05, 0) is 102 Å². The summed E-state index contributed by atoms with van der Waals surface area (Å²) in [7, 11) is 4.39. The number of halogens is 2. The van der Waals surface area contributed by atoms with E-state index in [0.29, 0.717) is 6.42 Å². The minimum atomic E-state index is -2.37. The molecule has 5 heterocycles. The lowest BCUT2D eigenvalue weighted by Gasteiger charge is -2.32. The molecule has 5 aromatic rings. The molecule has 10 rings (SSSR count). The second kappa shape index (κ2) is 26.1. The largest absolute Gasteiger partial charge is 0.497 e. The number of nitrogens with one attached hydrogen (secondary N) is 7. The van der Waals surface area contributed by atoms with E-state index in [9.17, 15) is 44.2 Å². The van der Waals surface area contributed by atoms with E-state index in [-0.39, 0.29) is 101 Å². The zero-order chi connectivity index (χ0) is 61.0. The molecule has 0 unspecified atom stereocenters. The summed E-state index contributed by atoms with van der Waals surface area (Å²) in [6.07, 6.45) is -4.51. The fourth-order valence-electron chi connectivity index (χ4n) is 10.0. The summed E-state index contributed by atoms with van der Waals surface area (Å²) >= 11 is 13.8. The van der Waals surface area contributed by atoms with E-state index >= 15 is 9.59 Å². The number of carbonyl (C=O) groups is 7. The van der Waals surface area contributed by atoms with Crippen molar-refractivity contribution in [1.29, 1.82) is 0 Å². The number of fused-ring (bicyclic) bond motifs is 15. The van der Waals surface area contributed by atoms with E-state index in [2.05, 4.69) is 37.2 Å². The minimum Gasteiger partial charge on any atom is -0.497 e. The number of hydrogen-bond donors (Lipinski definition) is 12. The van der Waals surface area contributed by atoms with Crippen molar-refractivity contribution in [2.45, 2.75) is 81.1 Å². The molecule has 0 spiro atoms. The van der Waals surface area contributed by atoms with Gasteiger partial charge >= 0.3 is 7.12 Å². The third-order valence-electron chi connectivity index (χ3n) is 14.2. The van der Waals surface area contributed by atoms with Crippen LogP contribution < -0.4 is 71.4 Å². The first-order valence-corrected chi connectivity index (χ1v) is 26.9. The van der Waals surface area contributed by atoms with Crippen molar-refractivity contribution in [3.63, 3.8) is 0 Å². The molecule has 0 saturated carbocycles. The van der Waals surface area contributed by atoms with Gasteiger partial charge in [0.1, 0.15) is 71.2 Å². The quantitative estimate of drug-likeness (QED) is 0.0799. The van der Waals surface area contributed by atoms with Crippen molar-refractivity contribution in [1.82, 2.24) is 37.2 Å². The van der Waals surface area contributed by atoms with Gasteiger partial charge in [0.05, 0.1) is 56.9 Å². The summed E-state index contributed by atoms with van der Waals surface area (Å²) in [6.45, 7) is 3.73. The maximum atomic E-state index is 15.7. The summed E-state index contributed by atoms with van der Waals surface area (Å²) in [5.74, 6) is -10.2. The summed E-state index contributed by atoms with van der Waals surface area (Å²) in [5, 5.41) is 64.1. The van der Waals surface area contributed by atoms with Gasteiger partial charge in [-0.3, -0.25) is 33.6 Å². The van der Waals surface area contributed by atoms with E-state index < -0.39 is 109 Å². The molecule has 0 aromatic heterocycles. The van der Waals surface area contributed by atoms with Gasteiger partial charge in [0.15, 0.2) is 11.5 Å². The van der Waals surface area contributed by atoms with Gasteiger partial charge in [-0.15, -0.1) is 0 Å². The number of likely N-dealkylation sites (N-methyl/N-ethyl adjacent to an activating group) is 1. The van der Waals surface area contributed by atoms with Crippen LogP contribution in [0, 0.1) is 5.92 Å². The smallest absolute Gasteiger partial charge is 0.480 e. The van der Waals surface area contributed by atoms with Crippen LogP contribution in [0.15, 0.2) is 78.9 Å². The standard InChI is InChI=1S/C56H61BCl2N8O17/c1-23(2)14-33(61-3)51(71)65-45-47(69)25-9-12-36(31(58)16-25)83-39-18-27-19-40(49(39)82-7)84-37-13-10-26(17-32(37)59)48(70)46-56(76)67-50(57(77)78)30-20-28(79-4)21-38(81-6)42(30)29-15-24(8-11-35(29)80-5)43(53(73)66-46)64-54(74)44(27)63-52(72)34(22-41(60)68)62-55(45)75/h8-13,15-21,23,33-34,43-48,50,61,69-70,77-78H,14,22H2,1-7H3,(H2,60,68)(H,62,75)(H,63,72)(H,64,74)(H,65,71)(H,66,73)(H,67,76)/t33-,34-,43+,44+,45+,46-,47+,48+,50+/m0/s1. The molecule has 0 saturated heterocycles. The van der Waals surface area contributed by atoms with Gasteiger partial charge in [0.2, 0.25) is 47.1 Å². The molecule has 444 valence electrons. The van der Waals surface area contributed by atoms with E-state index in [1.165, 1.54) is 114 Å². The molecule has 28 heteroatoms. The third kappa shape index (κ3) is 13.0. The van der Waals surface area contributed by atoms with E-state index in [1.807, 2.05) is 13.8 Å². The van der Waals surface area contributed by atoms with Crippen molar-refractivity contribution in [2.24, 2.45) is 11.7 Å². The van der Waals surface area contributed by atoms with Gasteiger partial charge in [-0.1, -0.05) is 55.2 Å². The van der Waals surface area contributed by atoms with Gasteiger partial charge in [-0.2, -0.15) is 0 Å². The number of benzene rings is 5. The molecule has 0 radical (unpaired) electrons. The fourth-order valence-corrected chi connectivity index (χ4v) is 10.5. The second-order valence-corrected chi connectivity index (χ2v) is 21.0. The zero-order valence-electron chi connectivity index (χ0n) is 46.2. The molecule has 11 bridgehead atoms. The van der Waals surface area contributed by atoms with Crippen molar-refractivity contribution >= 4 is 71.7 Å². The number of carbonyl (C=O) groups excluding carboxylic acids is 7. The number of hydrogen-bond acceptors (Lipinski definition) is 18. The summed E-state index contributed by atoms with van der Waals surface area (Å²) in [4.78, 5) is 102. The highest BCUT2D eigenvalue weighted by atomic mass is 35.5. The first-order chi connectivity index (χ1) is 40.0. The van der Waals surface area contributed by atoms with E-state index in [1.54, 1.807) is 0 Å². The predicted molar refractivity (Wildman–Crippen MR) is 302 cm³/mol. The van der Waals surface area contributed by atoms with Crippen LogP contribution in [-0.4, -0.2) is 128 Å². The molecule has 5 aromatic carbocycles. The first-order valence-electron chi connectivity index (χ1n) is 26.1. The maximum absolute atomic E-state index is 15.7. The number of amides is 7. The van der Waals surface area contributed by atoms with Crippen molar-refractivity contribution in [3.8, 4) is 57.1 Å². The Labute approximate surface area is 491 Å². The van der Waals surface area contributed by atoms with Crippen LogP contribution in [-0.2, 0) is 33.6 Å². The number of rotatable bonds is 12. The Morgan fingerprint density at radius 1 is 0.655 bits per heavy atom. The Kier molecular flexibility index (Phi) is 19.1. The summed E-state index contributed by atoms with van der Waals surface area (Å²) in [5.41, 5.74) is 5.52. The summed E-state index contributed by atoms with van der Waals surface area (Å²) in [6, 6.07) is 6.64. The number of aliphatic hydroxyl groups is 2. The topological polar surface area (TPSA) is 366 Å². The molecule has 0 fully saturated rings. The monoisotopic (exact) mass is 1200 g/mol. The average Bonchev–Trinajstić information content (AvgIpc) is 2.07. The van der Waals surface area contributed by atoms with Crippen LogP contribution in [0.3, 0.4) is 0 Å². The van der Waals surface area contributed by atoms with Gasteiger partial charge in [0, 0.05) is 17.2 Å². The molecule has 7 amide bonds. The molecule has 25 nitrogen and oxygen atoms in total. The Hall–Kier alpha value is -8.37. The van der Waals surface area contributed by atoms with Gasteiger partial charge < -0.3 is 91.6 Å². The van der Waals surface area contributed by atoms with Crippen LogP contribution in [0.4, 0.5) is 0 Å². The van der Waals surface area contributed by atoms with E-state index in [4.69, 9.17) is 57.4 Å². The van der Waals surface area contributed by atoms with Gasteiger partial charge in [0.25, 0.3) is 0 Å². The number of primary amides is 1. The van der Waals surface area contributed by atoms with Crippen LogP contribution >= 0.6 is 23.2 Å². The molecule has 9 atom stereocenters. The van der Waals surface area contributed by atoms with Crippen LogP contribution in [0.1, 0.15) is 84.7 Å². The lowest BCUT2D eigenvalue weighted by atomic mass is 9.72.